The lowest BCUT2D eigenvalue weighted by atomic mass is 10.0. The molecule has 9 heteroatoms. The minimum atomic E-state index is -0.697. The molecule has 37 heavy (non-hydrogen) atoms. The summed E-state index contributed by atoms with van der Waals surface area (Å²) in [5.74, 6) is -0.0154. The molecule has 1 atom stereocenters. The second-order valence-corrected chi connectivity index (χ2v) is 9.32. The third-order valence-corrected chi connectivity index (χ3v) is 6.34. The molecule has 0 saturated carbocycles. The van der Waals surface area contributed by atoms with Gasteiger partial charge >= 0.3 is 0 Å². The van der Waals surface area contributed by atoms with Crippen molar-refractivity contribution in [1.82, 2.24) is 19.7 Å². The molecule has 0 aliphatic heterocycles. The van der Waals surface area contributed by atoms with Gasteiger partial charge in [-0.2, -0.15) is 5.10 Å². The van der Waals surface area contributed by atoms with Crippen LogP contribution in [0.5, 0.6) is 5.88 Å². The molecule has 3 aromatic heterocycles. The summed E-state index contributed by atoms with van der Waals surface area (Å²) in [5, 5.41) is 18.3. The number of pyridine rings is 2. The Hall–Kier alpha value is -4.01. The maximum atomic E-state index is 13.6. The molecular weight excluding hydrogens is 495 g/mol. The van der Waals surface area contributed by atoms with Gasteiger partial charge in [-0.25, -0.2) is 9.37 Å². The predicted molar refractivity (Wildman–Crippen MR) is 141 cm³/mol. The van der Waals surface area contributed by atoms with Gasteiger partial charge in [0.15, 0.2) is 0 Å². The molecule has 2 aromatic carbocycles. The second kappa shape index (κ2) is 10.2. The van der Waals surface area contributed by atoms with Crippen LogP contribution in [0.2, 0.25) is 5.02 Å². The Kier molecular flexibility index (Phi) is 6.78. The number of aromatic nitrogens is 4. The minimum Gasteiger partial charge on any atom is -0.475 e. The summed E-state index contributed by atoms with van der Waals surface area (Å²) in [4.78, 5) is 17.4. The monoisotopic (exact) mass is 518 g/mol. The first-order valence-corrected chi connectivity index (χ1v) is 12.1. The third kappa shape index (κ3) is 4.98. The van der Waals surface area contributed by atoms with E-state index in [2.05, 4.69) is 15.2 Å². The van der Waals surface area contributed by atoms with Crippen LogP contribution in [0.3, 0.4) is 0 Å². The van der Waals surface area contributed by atoms with E-state index >= 15 is 0 Å². The fourth-order valence-electron chi connectivity index (χ4n) is 4.25. The van der Waals surface area contributed by atoms with E-state index in [9.17, 15) is 14.3 Å². The van der Waals surface area contributed by atoms with E-state index in [1.807, 2.05) is 44.2 Å². The molecule has 2 N–H and O–H groups in total. The lowest BCUT2D eigenvalue weighted by molar-refractivity contribution is 0.232. The molecule has 0 aliphatic carbocycles. The number of halogens is 2. The van der Waals surface area contributed by atoms with Crippen molar-refractivity contribution in [3.05, 3.63) is 99.8 Å². The average Bonchev–Trinajstić information content (AvgIpc) is 3.31. The van der Waals surface area contributed by atoms with Gasteiger partial charge in [-0.05, 0) is 66.9 Å². The Balaban J connectivity index is 1.48. The first-order chi connectivity index (χ1) is 17.8. The lowest BCUT2D eigenvalue weighted by Crippen LogP contribution is -2.26. The number of aliphatic hydroxyl groups is 1. The summed E-state index contributed by atoms with van der Waals surface area (Å²) in [5.41, 5.74) is 4.19. The molecular formula is C28H24ClFN4O3. The minimum absolute atomic E-state index is 0.0312. The molecule has 0 amide bonds. The molecule has 0 aliphatic rings. The largest absolute Gasteiger partial charge is 0.475 e. The van der Waals surface area contributed by atoms with Gasteiger partial charge in [0.2, 0.25) is 5.88 Å². The molecule has 1 unspecified atom stereocenters. The number of aromatic amines is 1. The Morgan fingerprint density at radius 3 is 2.51 bits per heavy atom. The first-order valence-electron chi connectivity index (χ1n) is 11.7. The van der Waals surface area contributed by atoms with Gasteiger partial charge in [-0.15, -0.1) is 0 Å². The highest BCUT2D eigenvalue weighted by molar-refractivity contribution is 6.30. The summed E-state index contributed by atoms with van der Waals surface area (Å²) in [7, 11) is 0. The van der Waals surface area contributed by atoms with Crippen molar-refractivity contribution in [2.75, 3.05) is 6.61 Å². The average molecular weight is 519 g/mol. The number of nitrogens with zero attached hydrogens (tertiary/aromatic N) is 3. The van der Waals surface area contributed by atoms with Crippen molar-refractivity contribution in [3.63, 3.8) is 0 Å². The zero-order valence-corrected chi connectivity index (χ0v) is 20.9. The number of aliphatic hydroxyl groups excluding tert-OH is 1. The smallest absolute Gasteiger partial charge is 0.251 e. The molecule has 5 rings (SSSR count). The zero-order valence-electron chi connectivity index (χ0n) is 20.2. The van der Waals surface area contributed by atoms with Crippen LogP contribution in [-0.4, -0.2) is 37.6 Å². The number of hydrogen-bond donors (Lipinski definition) is 2. The van der Waals surface area contributed by atoms with Gasteiger partial charge in [-0.1, -0.05) is 23.7 Å². The van der Waals surface area contributed by atoms with E-state index in [0.29, 0.717) is 17.0 Å². The first kappa shape index (κ1) is 24.7. The maximum absolute atomic E-state index is 13.6. The molecule has 7 nitrogen and oxygen atoms in total. The summed E-state index contributed by atoms with van der Waals surface area (Å²) < 4.78 is 20.6. The van der Waals surface area contributed by atoms with Crippen LogP contribution < -0.4 is 10.3 Å². The summed E-state index contributed by atoms with van der Waals surface area (Å²) in [6, 6.07) is 16.3. The van der Waals surface area contributed by atoms with Crippen LogP contribution in [0.4, 0.5) is 4.39 Å². The number of fused-ring (bicyclic) bond motifs is 1. The number of rotatable bonds is 7. The Morgan fingerprint density at radius 2 is 1.84 bits per heavy atom. The highest BCUT2D eigenvalue weighted by Crippen LogP contribution is 2.31. The molecule has 0 spiro atoms. The van der Waals surface area contributed by atoms with Crippen LogP contribution in [-0.2, 0) is 0 Å². The summed E-state index contributed by atoms with van der Waals surface area (Å²) in [6.45, 7) is 3.54. The van der Waals surface area contributed by atoms with Crippen molar-refractivity contribution in [2.45, 2.75) is 26.0 Å². The van der Waals surface area contributed by atoms with Crippen LogP contribution in [0.25, 0.3) is 33.3 Å². The van der Waals surface area contributed by atoms with Crippen LogP contribution in [0, 0.1) is 5.82 Å². The van der Waals surface area contributed by atoms with Crippen LogP contribution in [0.1, 0.15) is 25.5 Å². The topological polar surface area (TPSA) is 93.0 Å². The number of benzene rings is 2. The van der Waals surface area contributed by atoms with Crippen molar-refractivity contribution < 1.29 is 14.2 Å². The van der Waals surface area contributed by atoms with E-state index in [1.54, 1.807) is 18.5 Å². The number of nitrogens with one attached hydrogen (secondary N) is 1. The molecule has 0 saturated heterocycles. The molecule has 3 heterocycles. The lowest BCUT2D eigenvalue weighted by Gasteiger charge is -2.19. The standard InChI is InChI=1S/C28H24ClFN4O3/c1-16(2)37-26-8-5-20(14-31-26)28-21-11-17(4-7-24(21)32-33-28)18-9-10-34(27(36)13-18)25(15-35)19-3-6-23(30)22(29)12-19/h3-14,16,25,35H,15H2,1-2H3,(H,32,33). The normalized spacial score (nSPS) is 12.3. The van der Waals surface area contributed by atoms with Crippen LogP contribution >= 0.6 is 11.6 Å². The zero-order chi connectivity index (χ0) is 26.1. The van der Waals surface area contributed by atoms with Gasteiger partial charge in [0.1, 0.15) is 11.5 Å². The Labute approximate surface area is 217 Å². The van der Waals surface area contributed by atoms with Gasteiger partial charge in [0.05, 0.1) is 29.3 Å². The Bertz CT molecular complexity index is 1630. The SMILES string of the molecule is CC(C)Oc1ccc(-c2n[nH]c3ccc(-c4ccn(C(CO)c5ccc(F)c(Cl)c5)c(=O)c4)cc23)cn1. The van der Waals surface area contributed by atoms with E-state index < -0.39 is 11.9 Å². The summed E-state index contributed by atoms with van der Waals surface area (Å²) >= 11 is 5.91. The molecule has 188 valence electrons. The van der Waals surface area contributed by atoms with Crippen molar-refractivity contribution in [3.8, 4) is 28.3 Å². The van der Waals surface area contributed by atoms with Gasteiger partial charge in [0, 0.05) is 35.5 Å². The second-order valence-electron chi connectivity index (χ2n) is 8.92. The number of hydrogen-bond acceptors (Lipinski definition) is 5. The maximum Gasteiger partial charge on any atom is 0.251 e. The van der Waals surface area contributed by atoms with E-state index in [-0.39, 0.29) is 23.3 Å². The van der Waals surface area contributed by atoms with E-state index in [4.69, 9.17) is 16.3 Å². The quantitative estimate of drug-likeness (QED) is 0.292. The predicted octanol–water partition coefficient (Wildman–Crippen LogP) is 5.62. The molecule has 0 bridgehead atoms. The van der Waals surface area contributed by atoms with Crippen LogP contribution in [0.15, 0.2) is 77.9 Å². The van der Waals surface area contributed by atoms with Crippen molar-refractivity contribution >= 4 is 22.5 Å². The van der Waals surface area contributed by atoms with E-state index in [0.717, 1.165) is 27.7 Å². The van der Waals surface area contributed by atoms with Crippen molar-refractivity contribution in [1.29, 1.82) is 0 Å². The molecule has 0 radical (unpaired) electrons. The van der Waals surface area contributed by atoms with Gasteiger partial charge in [-0.3, -0.25) is 9.89 Å². The highest BCUT2D eigenvalue weighted by atomic mass is 35.5. The fraction of sp³-hybridized carbons (Fsp3) is 0.179. The highest BCUT2D eigenvalue weighted by Gasteiger charge is 2.17. The van der Waals surface area contributed by atoms with Crippen molar-refractivity contribution in [2.24, 2.45) is 0 Å². The van der Waals surface area contributed by atoms with E-state index in [1.165, 1.54) is 28.8 Å². The third-order valence-electron chi connectivity index (χ3n) is 6.05. The Morgan fingerprint density at radius 1 is 1.05 bits per heavy atom. The fourth-order valence-corrected chi connectivity index (χ4v) is 4.43. The number of H-pyrrole nitrogens is 1. The number of ether oxygens (including phenoxy) is 1. The van der Waals surface area contributed by atoms with Gasteiger partial charge in [0.25, 0.3) is 5.56 Å². The van der Waals surface area contributed by atoms with Gasteiger partial charge < -0.3 is 14.4 Å². The molecule has 5 aromatic rings. The molecule has 0 fully saturated rings. The summed E-state index contributed by atoms with van der Waals surface area (Å²) in [6.07, 6.45) is 3.37.